The molecule has 2 aromatic rings. The molecule has 0 saturated carbocycles. The van der Waals surface area contributed by atoms with Gasteiger partial charge < -0.3 is 5.32 Å². The van der Waals surface area contributed by atoms with Crippen LogP contribution in [0.4, 0.5) is 5.69 Å². The number of thiophene rings is 1. The minimum atomic E-state index is -0.298. The van der Waals surface area contributed by atoms with Crippen LogP contribution in [0.25, 0.3) is 0 Å². The summed E-state index contributed by atoms with van der Waals surface area (Å²) in [6.45, 7) is 3.65. The fourth-order valence-electron chi connectivity index (χ4n) is 3.39. The molecule has 0 fully saturated rings. The van der Waals surface area contributed by atoms with E-state index in [0.29, 0.717) is 16.5 Å². The van der Waals surface area contributed by atoms with Crippen LogP contribution in [-0.2, 0) is 28.9 Å². The molecule has 0 spiro atoms. The summed E-state index contributed by atoms with van der Waals surface area (Å²) in [6, 6.07) is 8.98. The number of carbonyl (C=O) groups excluding carboxylic acids is 3. The van der Waals surface area contributed by atoms with Gasteiger partial charge in [0, 0.05) is 17.5 Å². The number of anilines is 1. The summed E-state index contributed by atoms with van der Waals surface area (Å²) in [5, 5.41) is 2.68. The number of hydrogen-bond acceptors (Lipinski definition) is 4. The van der Waals surface area contributed by atoms with Crippen LogP contribution in [0.3, 0.4) is 0 Å². The molecule has 0 bridgehead atoms. The van der Waals surface area contributed by atoms with Gasteiger partial charge in [-0.2, -0.15) is 0 Å². The minimum Gasteiger partial charge on any atom is -0.326 e. The lowest BCUT2D eigenvalue weighted by molar-refractivity contribution is -0.121. The highest BCUT2D eigenvalue weighted by atomic mass is 32.1. The number of hydrogen-bond donors (Lipinski definition) is 3. The van der Waals surface area contributed by atoms with Crippen molar-refractivity contribution in [2.24, 2.45) is 5.92 Å². The zero-order chi connectivity index (χ0) is 20.1. The molecule has 1 aromatic heterocycles. The molecule has 1 aliphatic carbocycles. The number of carbonyl (C=O) groups is 3. The fraction of sp³-hybridized carbons (Fsp3) is 0.381. The molecule has 28 heavy (non-hydrogen) atoms. The van der Waals surface area contributed by atoms with Gasteiger partial charge in [-0.25, -0.2) is 0 Å². The maximum absolute atomic E-state index is 12.4. The molecule has 0 radical (unpaired) electrons. The largest absolute Gasteiger partial charge is 0.326 e. The SMILES string of the molecule is CC[C@@H]1CCc2sc(C(=O)NNC(=O)Cc3ccc(NC(C)=O)cc3)cc2C1. The zero-order valence-corrected chi connectivity index (χ0v) is 16.9. The standard InChI is InChI=1S/C21H25N3O3S/c1-3-14-6-9-18-16(10-14)12-19(28-18)21(27)24-23-20(26)11-15-4-7-17(8-5-15)22-13(2)25/h4-5,7-8,12,14H,3,6,9-11H2,1-2H3,(H,22,25)(H,23,26)(H,24,27)/t14-/m1/s1. The molecule has 6 nitrogen and oxygen atoms in total. The average molecular weight is 400 g/mol. The average Bonchev–Trinajstić information content (AvgIpc) is 3.10. The van der Waals surface area contributed by atoms with Crippen molar-refractivity contribution >= 4 is 34.7 Å². The Kier molecular flexibility index (Phi) is 6.46. The maximum atomic E-state index is 12.4. The van der Waals surface area contributed by atoms with Crippen LogP contribution in [0.1, 0.15) is 52.4 Å². The summed E-state index contributed by atoms with van der Waals surface area (Å²) >= 11 is 1.52. The number of rotatable bonds is 5. The summed E-state index contributed by atoms with van der Waals surface area (Å²) in [5.74, 6) is -0.0155. The minimum absolute atomic E-state index is 0.139. The predicted molar refractivity (Wildman–Crippen MR) is 110 cm³/mol. The second-order valence-electron chi connectivity index (χ2n) is 7.13. The van der Waals surface area contributed by atoms with Crippen molar-refractivity contribution in [2.75, 3.05) is 5.32 Å². The molecule has 7 heteroatoms. The van der Waals surface area contributed by atoms with Gasteiger partial charge in [-0.05, 0) is 54.5 Å². The number of fused-ring (bicyclic) bond motifs is 1. The lowest BCUT2D eigenvalue weighted by atomic mass is 9.87. The Bertz CT molecular complexity index is 874. The summed E-state index contributed by atoms with van der Waals surface area (Å²) in [4.78, 5) is 37.4. The van der Waals surface area contributed by atoms with Crippen molar-refractivity contribution in [2.45, 2.75) is 46.0 Å². The van der Waals surface area contributed by atoms with Crippen molar-refractivity contribution in [3.63, 3.8) is 0 Å². The van der Waals surface area contributed by atoms with E-state index in [1.54, 1.807) is 24.3 Å². The third-order valence-corrected chi connectivity index (χ3v) is 6.18. The van der Waals surface area contributed by atoms with E-state index >= 15 is 0 Å². The molecule has 1 aliphatic rings. The fourth-order valence-corrected chi connectivity index (χ4v) is 4.49. The molecule has 1 heterocycles. The topological polar surface area (TPSA) is 87.3 Å². The maximum Gasteiger partial charge on any atom is 0.279 e. The quantitative estimate of drug-likeness (QED) is 0.675. The van der Waals surface area contributed by atoms with Gasteiger partial charge in [0.1, 0.15) is 0 Å². The van der Waals surface area contributed by atoms with Crippen LogP contribution >= 0.6 is 11.3 Å². The van der Waals surface area contributed by atoms with Crippen LogP contribution in [0, 0.1) is 5.92 Å². The Morgan fingerprint density at radius 1 is 1.14 bits per heavy atom. The van der Waals surface area contributed by atoms with E-state index in [1.165, 1.54) is 41.5 Å². The van der Waals surface area contributed by atoms with E-state index in [9.17, 15) is 14.4 Å². The lowest BCUT2D eigenvalue weighted by Crippen LogP contribution is -2.42. The monoisotopic (exact) mass is 399 g/mol. The van der Waals surface area contributed by atoms with Gasteiger partial charge in [-0.3, -0.25) is 25.2 Å². The van der Waals surface area contributed by atoms with Crippen LogP contribution < -0.4 is 16.2 Å². The first-order valence-corrected chi connectivity index (χ1v) is 10.3. The van der Waals surface area contributed by atoms with Crippen molar-refractivity contribution in [3.05, 3.63) is 51.2 Å². The highest BCUT2D eigenvalue weighted by Crippen LogP contribution is 2.33. The summed E-state index contributed by atoms with van der Waals surface area (Å²) in [7, 11) is 0. The molecule has 3 amide bonds. The van der Waals surface area contributed by atoms with Crippen molar-refractivity contribution < 1.29 is 14.4 Å². The van der Waals surface area contributed by atoms with Gasteiger partial charge in [-0.15, -0.1) is 11.3 Å². The van der Waals surface area contributed by atoms with Crippen LogP contribution in [0.2, 0.25) is 0 Å². The van der Waals surface area contributed by atoms with Gasteiger partial charge in [-0.1, -0.05) is 25.5 Å². The first-order valence-electron chi connectivity index (χ1n) is 9.52. The van der Waals surface area contributed by atoms with E-state index in [4.69, 9.17) is 0 Å². The number of benzene rings is 1. The zero-order valence-electron chi connectivity index (χ0n) is 16.1. The molecule has 3 N–H and O–H groups in total. The number of nitrogens with one attached hydrogen (secondary N) is 3. The van der Waals surface area contributed by atoms with Crippen LogP contribution in [0.15, 0.2) is 30.3 Å². The smallest absolute Gasteiger partial charge is 0.279 e. The van der Waals surface area contributed by atoms with Crippen LogP contribution in [0.5, 0.6) is 0 Å². The molecule has 0 unspecified atom stereocenters. The van der Waals surface area contributed by atoms with Gasteiger partial charge >= 0.3 is 0 Å². The molecule has 148 valence electrons. The number of amides is 3. The van der Waals surface area contributed by atoms with E-state index in [-0.39, 0.29) is 24.1 Å². The van der Waals surface area contributed by atoms with Gasteiger partial charge in [0.15, 0.2) is 0 Å². The first kappa shape index (κ1) is 20.1. The molecule has 1 aromatic carbocycles. The third-order valence-electron chi connectivity index (χ3n) is 4.94. The van der Waals surface area contributed by atoms with E-state index in [0.717, 1.165) is 18.4 Å². The Morgan fingerprint density at radius 2 is 1.89 bits per heavy atom. The Balaban J connectivity index is 1.50. The number of aryl methyl sites for hydroxylation is 1. The molecule has 0 saturated heterocycles. The first-order chi connectivity index (χ1) is 13.4. The van der Waals surface area contributed by atoms with E-state index in [1.807, 2.05) is 6.07 Å². The predicted octanol–water partition coefficient (Wildman–Crippen LogP) is 3.23. The van der Waals surface area contributed by atoms with E-state index in [2.05, 4.69) is 23.1 Å². The highest BCUT2D eigenvalue weighted by molar-refractivity contribution is 7.14. The summed E-state index contributed by atoms with van der Waals surface area (Å²) in [6.07, 6.45) is 4.56. The van der Waals surface area contributed by atoms with Crippen molar-refractivity contribution in [3.8, 4) is 0 Å². The molecule has 3 rings (SSSR count). The molecular weight excluding hydrogens is 374 g/mol. The molecular formula is C21H25N3O3S. The normalized spacial score (nSPS) is 15.4. The second kappa shape index (κ2) is 9.01. The summed E-state index contributed by atoms with van der Waals surface area (Å²) in [5.41, 5.74) is 7.73. The summed E-state index contributed by atoms with van der Waals surface area (Å²) < 4.78 is 0. The Hall–Kier alpha value is -2.67. The highest BCUT2D eigenvalue weighted by Gasteiger charge is 2.22. The van der Waals surface area contributed by atoms with Gasteiger partial charge in [0.05, 0.1) is 11.3 Å². The lowest BCUT2D eigenvalue weighted by Gasteiger charge is -2.19. The van der Waals surface area contributed by atoms with Crippen LogP contribution in [-0.4, -0.2) is 17.7 Å². The van der Waals surface area contributed by atoms with E-state index < -0.39 is 0 Å². The molecule has 0 aliphatic heterocycles. The molecule has 1 atom stereocenters. The van der Waals surface area contributed by atoms with Gasteiger partial charge in [0.2, 0.25) is 11.8 Å². The van der Waals surface area contributed by atoms with Crippen molar-refractivity contribution in [1.29, 1.82) is 0 Å². The Labute approximate surface area is 168 Å². The third kappa shape index (κ3) is 5.19. The Morgan fingerprint density at radius 3 is 2.57 bits per heavy atom. The van der Waals surface area contributed by atoms with Crippen molar-refractivity contribution in [1.82, 2.24) is 10.9 Å². The number of hydrazine groups is 1. The van der Waals surface area contributed by atoms with Gasteiger partial charge in [0.25, 0.3) is 5.91 Å². The second-order valence-corrected chi connectivity index (χ2v) is 8.27.